The van der Waals surface area contributed by atoms with Crippen molar-refractivity contribution >= 4 is 28.9 Å². The molecule has 102 valence electrons. The van der Waals surface area contributed by atoms with Crippen LogP contribution < -0.4 is 10.1 Å². The maximum absolute atomic E-state index is 5.93. The molecule has 0 saturated heterocycles. The van der Waals surface area contributed by atoms with Crippen molar-refractivity contribution in [3.8, 4) is 5.88 Å². The summed E-state index contributed by atoms with van der Waals surface area (Å²) < 4.78 is 6.32. The van der Waals surface area contributed by atoms with E-state index in [4.69, 9.17) is 16.3 Å². The highest BCUT2D eigenvalue weighted by molar-refractivity contribution is 7.16. The second-order valence-electron chi connectivity index (χ2n) is 4.39. The molecule has 0 aromatic carbocycles. The van der Waals surface area contributed by atoms with Crippen LogP contribution in [0.5, 0.6) is 5.88 Å². The predicted octanol–water partition coefficient (Wildman–Crippen LogP) is 4.15. The van der Waals surface area contributed by atoms with Crippen molar-refractivity contribution in [1.82, 2.24) is 9.97 Å². The molecule has 0 aliphatic heterocycles. The average molecular weight is 298 g/mol. The van der Waals surface area contributed by atoms with Crippen LogP contribution >= 0.6 is 22.9 Å². The molecule has 2 aromatic rings. The molecule has 0 bridgehead atoms. The lowest BCUT2D eigenvalue weighted by Gasteiger charge is -2.13. The van der Waals surface area contributed by atoms with Gasteiger partial charge in [0, 0.05) is 17.1 Å². The number of ether oxygens (including phenoxy) is 1. The number of aromatic nitrogens is 2. The first-order chi connectivity index (χ1) is 9.04. The normalized spacial score (nSPS) is 12.5. The summed E-state index contributed by atoms with van der Waals surface area (Å²) in [6.07, 6.45) is 1.78. The number of halogens is 1. The van der Waals surface area contributed by atoms with E-state index in [2.05, 4.69) is 15.3 Å². The maximum atomic E-state index is 5.93. The van der Waals surface area contributed by atoms with Gasteiger partial charge in [-0.25, -0.2) is 4.98 Å². The molecule has 2 heterocycles. The van der Waals surface area contributed by atoms with Crippen LogP contribution in [0.2, 0.25) is 4.34 Å². The first-order valence-corrected chi connectivity index (χ1v) is 7.25. The van der Waals surface area contributed by atoms with Crippen molar-refractivity contribution in [2.24, 2.45) is 0 Å². The fourth-order valence-corrected chi connectivity index (χ4v) is 2.61. The number of anilines is 1. The van der Waals surface area contributed by atoms with E-state index >= 15 is 0 Å². The molecule has 19 heavy (non-hydrogen) atoms. The minimum atomic E-state index is 0.0938. The molecule has 6 heteroatoms. The Bertz CT molecular complexity index is 544. The van der Waals surface area contributed by atoms with Gasteiger partial charge in [-0.2, -0.15) is 4.98 Å². The van der Waals surface area contributed by atoms with Crippen LogP contribution in [0, 0.1) is 0 Å². The van der Waals surface area contributed by atoms with E-state index in [-0.39, 0.29) is 12.1 Å². The van der Waals surface area contributed by atoms with Gasteiger partial charge >= 0.3 is 0 Å². The van der Waals surface area contributed by atoms with E-state index in [0.29, 0.717) is 11.8 Å². The Morgan fingerprint density at radius 1 is 1.26 bits per heavy atom. The van der Waals surface area contributed by atoms with E-state index in [9.17, 15) is 0 Å². The molecule has 0 aliphatic carbocycles. The zero-order chi connectivity index (χ0) is 13.8. The van der Waals surface area contributed by atoms with E-state index in [0.717, 1.165) is 9.21 Å². The lowest BCUT2D eigenvalue weighted by Crippen LogP contribution is -2.11. The standard InChI is InChI=1S/C13H16ClN3OS/c1-8(2)18-12-6-7-15-13(17-12)16-9(3)10-4-5-11(14)19-10/h4-9H,1-3H3,(H,15,16,17). The first-order valence-electron chi connectivity index (χ1n) is 6.06. The molecule has 0 radical (unpaired) electrons. The van der Waals surface area contributed by atoms with Crippen LogP contribution in [-0.2, 0) is 0 Å². The molecule has 2 aromatic heterocycles. The number of hydrogen-bond donors (Lipinski definition) is 1. The van der Waals surface area contributed by atoms with Crippen molar-refractivity contribution in [3.05, 3.63) is 33.6 Å². The maximum Gasteiger partial charge on any atom is 0.226 e. The first kappa shape index (κ1) is 14.1. The molecule has 2 rings (SSSR count). The van der Waals surface area contributed by atoms with Gasteiger partial charge in [0.25, 0.3) is 0 Å². The number of nitrogens with one attached hydrogen (secondary N) is 1. The van der Waals surface area contributed by atoms with Gasteiger partial charge in [0.2, 0.25) is 11.8 Å². The van der Waals surface area contributed by atoms with Crippen LogP contribution in [0.1, 0.15) is 31.7 Å². The van der Waals surface area contributed by atoms with Crippen LogP contribution in [0.15, 0.2) is 24.4 Å². The summed E-state index contributed by atoms with van der Waals surface area (Å²) in [7, 11) is 0. The van der Waals surface area contributed by atoms with Gasteiger partial charge in [-0.3, -0.25) is 0 Å². The molecule has 0 saturated carbocycles. The Kier molecular flexibility index (Phi) is 4.61. The molecule has 1 unspecified atom stereocenters. The van der Waals surface area contributed by atoms with E-state index in [1.54, 1.807) is 23.6 Å². The van der Waals surface area contributed by atoms with Crippen molar-refractivity contribution in [1.29, 1.82) is 0 Å². The van der Waals surface area contributed by atoms with Crippen molar-refractivity contribution in [2.75, 3.05) is 5.32 Å². The van der Waals surface area contributed by atoms with Gasteiger partial charge < -0.3 is 10.1 Å². The molecule has 1 N–H and O–H groups in total. The van der Waals surface area contributed by atoms with Gasteiger partial charge in [-0.1, -0.05) is 11.6 Å². The summed E-state index contributed by atoms with van der Waals surface area (Å²) in [6, 6.07) is 5.74. The zero-order valence-corrected chi connectivity index (χ0v) is 12.6. The van der Waals surface area contributed by atoms with Gasteiger partial charge in [0.1, 0.15) is 0 Å². The Morgan fingerprint density at radius 2 is 2.05 bits per heavy atom. The minimum absolute atomic E-state index is 0.0938. The Hall–Kier alpha value is -1.33. The summed E-state index contributed by atoms with van der Waals surface area (Å²) >= 11 is 7.48. The van der Waals surface area contributed by atoms with Gasteiger partial charge in [0.05, 0.1) is 16.5 Å². The zero-order valence-electron chi connectivity index (χ0n) is 11.1. The molecule has 0 spiro atoms. The fourth-order valence-electron chi connectivity index (χ4n) is 1.54. The average Bonchev–Trinajstić information content (AvgIpc) is 2.75. The van der Waals surface area contributed by atoms with Crippen LogP contribution in [0.25, 0.3) is 0 Å². The third kappa shape index (κ3) is 4.08. The Balaban J connectivity index is 2.06. The molecule has 0 amide bonds. The van der Waals surface area contributed by atoms with E-state index in [1.807, 2.05) is 32.9 Å². The van der Waals surface area contributed by atoms with Crippen molar-refractivity contribution < 1.29 is 4.74 Å². The Labute approximate surface area is 121 Å². The molecule has 1 atom stereocenters. The lowest BCUT2D eigenvalue weighted by molar-refractivity contribution is 0.232. The predicted molar refractivity (Wildman–Crippen MR) is 79.2 cm³/mol. The lowest BCUT2D eigenvalue weighted by atomic mass is 10.3. The number of nitrogens with zero attached hydrogens (tertiary/aromatic N) is 2. The highest BCUT2D eigenvalue weighted by Crippen LogP contribution is 2.28. The van der Waals surface area contributed by atoms with Crippen LogP contribution in [0.3, 0.4) is 0 Å². The molecule has 4 nitrogen and oxygen atoms in total. The number of rotatable bonds is 5. The highest BCUT2D eigenvalue weighted by atomic mass is 35.5. The van der Waals surface area contributed by atoms with E-state index in [1.165, 1.54) is 0 Å². The summed E-state index contributed by atoms with van der Waals surface area (Å²) in [4.78, 5) is 9.64. The van der Waals surface area contributed by atoms with Gasteiger partial charge in [-0.15, -0.1) is 11.3 Å². The quantitative estimate of drug-likeness (QED) is 0.900. The van der Waals surface area contributed by atoms with E-state index < -0.39 is 0 Å². The monoisotopic (exact) mass is 297 g/mol. The van der Waals surface area contributed by atoms with Crippen molar-refractivity contribution in [2.45, 2.75) is 32.9 Å². The summed E-state index contributed by atoms with van der Waals surface area (Å²) in [5.74, 6) is 1.12. The molecular formula is C13H16ClN3OS. The summed E-state index contributed by atoms with van der Waals surface area (Å²) in [6.45, 7) is 5.97. The molecule has 0 aliphatic rings. The third-order valence-electron chi connectivity index (χ3n) is 2.35. The topological polar surface area (TPSA) is 47.0 Å². The van der Waals surface area contributed by atoms with Gasteiger partial charge in [0.15, 0.2) is 0 Å². The summed E-state index contributed by atoms with van der Waals surface area (Å²) in [5, 5.41) is 3.23. The third-order valence-corrected chi connectivity index (χ3v) is 3.77. The van der Waals surface area contributed by atoms with Crippen LogP contribution in [-0.4, -0.2) is 16.1 Å². The van der Waals surface area contributed by atoms with Gasteiger partial charge in [-0.05, 0) is 32.9 Å². The highest BCUT2D eigenvalue weighted by Gasteiger charge is 2.10. The largest absolute Gasteiger partial charge is 0.475 e. The molecule has 0 fully saturated rings. The van der Waals surface area contributed by atoms with Crippen molar-refractivity contribution in [3.63, 3.8) is 0 Å². The Morgan fingerprint density at radius 3 is 2.68 bits per heavy atom. The second kappa shape index (κ2) is 6.21. The summed E-state index contributed by atoms with van der Waals surface area (Å²) in [5.41, 5.74) is 0. The smallest absolute Gasteiger partial charge is 0.226 e. The molecular weight excluding hydrogens is 282 g/mol. The number of thiophene rings is 1. The fraction of sp³-hybridized carbons (Fsp3) is 0.385. The SMILES string of the molecule is CC(C)Oc1ccnc(NC(C)c2ccc(Cl)s2)n1. The number of hydrogen-bond acceptors (Lipinski definition) is 5. The minimum Gasteiger partial charge on any atom is -0.475 e. The van der Waals surface area contributed by atoms with Crippen LogP contribution in [0.4, 0.5) is 5.95 Å². The second-order valence-corrected chi connectivity index (χ2v) is 6.14.